The lowest BCUT2D eigenvalue weighted by molar-refractivity contribution is -0.192. The number of unbranched alkanes of at least 4 members (excludes halogenated alkanes) is 12. The fourth-order valence-electron chi connectivity index (χ4n) is 2.91. The number of allylic oxidation sites excluding steroid dienone is 2. The number of hydrogen-bond acceptors (Lipinski definition) is 3. The molecule has 0 aromatic heterocycles. The second kappa shape index (κ2) is 16.1. The topological polar surface area (TPSA) is 66.5 Å². The van der Waals surface area contributed by atoms with Crippen molar-refractivity contribution >= 4 is 0 Å². The lowest BCUT2D eigenvalue weighted by Crippen LogP contribution is -2.45. The van der Waals surface area contributed by atoms with Crippen LogP contribution in [0.15, 0.2) is 12.2 Å². The molecule has 0 aromatic carbocycles. The van der Waals surface area contributed by atoms with E-state index in [2.05, 4.69) is 19.1 Å². The number of aliphatic hydroxyl groups is 2. The molecule has 3 nitrogen and oxygen atoms in total. The molecule has 0 amide bonds. The van der Waals surface area contributed by atoms with E-state index in [4.69, 9.17) is 5.73 Å². The van der Waals surface area contributed by atoms with Crippen LogP contribution in [0.5, 0.6) is 0 Å². The van der Waals surface area contributed by atoms with Gasteiger partial charge in [-0.05, 0) is 32.1 Å². The summed E-state index contributed by atoms with van der Waals surface area (Å²) in [5.41, 5.74) is 5.25. The molecule has 0 spiro atoms. The SMILES string of the molecule is CCCCCCCCC=CCCCCCCCCC(C)C(N)(O)O. The van der Waals surface area contributed by atoms with Crippen LogP contribution >= 0.6 is 0 Å². The molecular formula is C21H43NO2. The summed E-state index contributed by atoms with van der Waals surface area (Å²) in [5, 5.41) is 18.5. The maximum atomic E-state index is 9.24. The molecular weight excluding hydrogens is 298 g/mol. The second-order valence-corrected chi connectivity index (χ2v) is 7.41. The van der Waals surface area contributed by atoms with Gasteiger partial charge in [-0.15, -0.1) is 0 Å². The van der Waals surface area contributed by atoms with E-state index >= 15 is 0 Å². The van der Waals surface area contributed by atoms with Gasteiger partial charge in [0.2, 0.25) is 5.91 Å². The largest absolute Gasteiger partial charge is 0.353 e. The number of hydrogen-bond donors (Lipinski definition) is 3. The van der Waals surface area contributed by atoms with Gasteiger partial charge in [0, 0.05) is 5.92 Å². The molecule has 24 heavy (non-hydrogen) atoms. The Labute approximate surface area is 150 Å². The van der Waals surface area contributed by atoms with Gasteiger partial charge in [0.15, 0.2) is 0 Å². The highest BCUT2D eigenvalue weighted by atomic mass is 16.5. The molecule has 0 aromatic rings. The highest BCUT2D eigenvalue weighted by Crippen LogP contribution is 2.17. The summed E-state index contributed by atoms with van der Waals surface area (Å²) in [4.78, 5) is 0. The molecule has 144 valence electrons. The smallest absolute Gasteiger partial charge is 0.222 e. The van der Waals surface area contributed by atoms with Crippen LogP contribution in [-0.4, -0.2) is 16.1 Å². The van der Waals surface area contributed by atoms with Crippen LogP contribution in [-0.2, 0) is 0 Å². The van der Waals surface area contributed by atoms with Crippen LogP contribution in [0.3, 0.4) is 0 Å². The molecule has 0 fully saturated rings. The molecule has 3 heteroatoms. The first-order chi connectivity index (χ1) is 11.5. The first kappa shape index (κ1) is 23.6. The molecule has 0 heterocycles. The summed E-state index contributed by atoms with van der Waals surface area (Å²) >= 11 is 0. The van der Waals surface area contributed by atoms with Gasteiger partial charge < -0.3 is 10.2 Å². The summed E-state index contributed by atoms with van der Waals surface area (Å²) in [5.74, 6) is -2.27. The van der Waals surface area contributed by atoms with Gasteiger partial charge in [-0.25, -0.2) is 0 Å². The summed E-state index contributed by atoms with van der Waals surface area (Å²) in [6, 6.07) is 0. The molecule has 0 aliphatic heterocycles. The van der Waals surface area contributed by atoms with E-state index in [0.29, 0.717) is 0 Å². The fraction of sp³-hybridized carbons (Fsp3) is 0.905. The lowest BCUT2D eigenvalue weighted by Gasteiger charge is -2.23. The zero-order valence-electron chi connectivity index (χ0n) is 16.3. The van der Waals surface area contributed by atoms with E-state index < -0.39 is 5.91 Å². The van der Waals surface area contributed by atoms with Crippen molar-refractivity contribution in [1.82, 2.24) is 0 Å². The molecule has 0 rings (SSSR count). The first-order valence-electron chi connectivity index (χ1n) is 10.4. The molecule has 0 aliphatic carbocycles. The molecule has 0 saturated carbocycles. The van der Waals surface area contributed by atoms with E-state index in [9.17, 15) is 10.2 Å². The van der Waals surface area contributed by atoms with E-state index in [1.807, 2.05) is 0 Å². The molecule has 0 aliphatic rings. The predicted molar refractivity (Wildman–Crippen MR) is 105 cm³/mol. The Kier molecular flexibility index (Phi) is 15.9. The van der Waals surface area contributed by atoms with Crippen molar-refractivity contribution in [3.8, 4) is 0 Å². The third kappa shape index (κ3) is 16.5. The van der Waals surface area contributed by atoms with E-state index in [1.54, 1.807) is 6.92 Å². The maximum Gasteiger partial charge on any atom is 0.222 e. The zero-order valence-corrected chi connectivity index (χ0v) is 16.3. The molecule has 0 saturated heterocycles. The molecule has 1 unspecified atom stereocenters. The quantitative estimate of drug-likeness (QED) is 0.182. The third-order valence-electron chi connectivity index (χ3n) is 4.87. The van der Waals surface area contributed by atoms with E-state index in [-0.39, 0.29) is 5.92 Å². The van der Waals surface area contributed by atoms with Crippen LogP contribution in [0.1, 0.15) is 110 Å². The predicted octanol–water partition coefficient (Wildman–Crippen LogP) is 5.65. The van der Waals surface area contributed by atoms with Gasteiger partial charge in [0.05, 0.1) is 0 Å². The highest BCUT2D eigenvalue weighted by molar-refractivity contribution is 4.81. The second-order valence-electron chi connectivity index (χ2n) is 7.41. The Morgan fingerprint density at radius 2 is 1.17 bits per heavy atom. The van der Waals surface area contributed by atoms with Crippen molar-refractivity contribution in [3.05, 3.63) is 12.2 Å². The summed E-state index contributed by atoms with van der Waals surface area (Å²) in [6.45, 7) is 4.05. The van der Waals surface area contributed by atoms with Crippen molar-refractivity contribution < 1.29 is 10.2 Å². The summed E-state index contributed by atoms with van der Waals surface area (Å²) < 4.78 is 0. The molecule has 0 bridgehead atoms. The first-order valence-corrected chi connectivity index (χ1v) is 10.4. The van der Waals surface area contributed by atoms with Gasteiger partial charge in [-0.2, -0.15) is 0 Å². The Morgan fingerprint density at radius 1 is 0.750 bits per heavy atom. The third-order valence-corrected chi connectivity index (χ3v) is 4.87. The minimum Gasteiger partial charge on any atom is -0.353 e. The average Bonchev–Trinajstić information content (AvgIpc) is 2.53. The lowest BCUT2D eigenvalue weighted by atomic mass is 9.99. The number of nitrogens with two attached hydrogens (primary N) is 1. The Hall–Kier alpha value is -0.380. The monoisotopic (exact) mass is 341 g/mol. The summed E-state index contributed by atoms with van der Waals surface area (Å²) in [7, 11) is 0. The fourth-order valence-corrected chi connectivity index (χ4v) is 2.91. The van der Waals surface area contributed by atoms with Crippen molar-refractivity contribution in [2.45, 2.75) is 116 Å². The molecule has 1 atom stereocenters. The van der Waals surface area contributed by atoms with Crippen molar-refractivity contribution in [2.24, 2.45) is 11.7 Å². The Morgan fingerprint density at radius 3 is 1.62 bits per heavy atom. The zero-order chi connectivity index (χ0) is 18.1. The van der Waals surface area contributed by atoms with Crippen molar-refractivity contribution in [3.63, 3.8) is 0 Å². The Balaban J connectivity index is 3.21. The van der Waals surface area contributed by atoms with Gasteiger partial charge in [0.25, 0.3) is 0 Å². The van der Waals surface area contributed by atoms with Gasteiger partial charge in [-0.3, -0.25) is 5.73 Å². The minimum absolute atomic E-state index is 0.255. The molecule has 0 radical (unpaired) electrons. The molecule has 4 N–H and O–H groups in total. The van der Waals surface area contributed by atoms with Crippen molar-refractivity contribution in [1.29, 1.82) is 0 Å². The van der Waals surface area contributed by atoms with Gasteiger partial charge in [0.1, 0.15) is 0 Å². The van der Waals surface area contributed by atoms with Crippen LogP contribution in [0.4, 0.5) is 0 Å². The van der Waals surface area contributed by atoms with Crippen molar-refractivity contribution in [2.75, 3.05) is 0 Å². The van der Waals surface area contributed by atoms with Gasteiger partial charge >= 0.3 is 0 Å². The van der Waals surface area contributed by atoms with E-state index in [1.165, 1.54) is 77.0 Å². The van der Waals surface area contributed by atoms with Gasteiger partial charge in [-0.1, -0.05) is 90.2 Å². The average molecular weight is 342 g/mol. The van der Waals surface area contributed by atoms with Crippen LogP contribution in [0, 0.1) is 5.92 Å². The van der Waals surface area contributed by atoms with E-state index in [0.717, 1.165) is 19.3 Å². The maximum absolute atomic E-state index is 9.24. The Bertz CT molecular complexity index is 284. The highest BCUT2D eigenvalue weighted by Gasteiger charge is 2.24. The van der Waals surface area contributed by atoms with Crippen LogP contribution < -0.4 is 5.73 Å². The summed E-state index contributed by atoms with van der Waals surface area (Å²) in [6.07, 6.45) is 23.6. The van der Waals surface area contributed by atoms with Crippen LogP contribution in [0.2, 0.25) is 0 Å². The van der Waals surface area contributed by atoms with Crippen LogP contribution in [0.25, 0.3) is 0 Å². The minimum atomic E-state index is -2.01. The standard InChI is InChI=1S/C21H43NO2/c1-3-4-5-6-7-8-9-10-11-12-13-14-15-16-17-18-19-20(2)21(22,23)24/h10-11,20,23-24H,3-9,12-19,22H2,1-2H3. The number of rotatable bonds is 17. The normalized spacial score (nSPS) is 13.7.